The highest BCUT2D eigenvalue weighted by Gasteiger charge is 2.18. The Labute approximate surface area is 156 Å². The number of aromatic nitrogens is 1. The van der Waals surface area contributed by atoms with Gasteiger partial charge in [-0.3, -0.25) is 4.79 Å². The van der Waals surface area contributed by atoms with E-state index in [1.165, 1.54) is 12.8 Å². The molecular formula is C22H29N3O. The van der Waals surface area contributed by atoms with E-state index in [1.54, 1.807) is 0 Å². The number of rotatable bonds is 4. The molecule has 1 aliphatic rings. The smallest absolute Gasteiger partial charge is 0.274 e. The molecule has 1 aromatic carbocycles. The third-order valence-corrected chi connectivity index (χ3v) is 5.17. The average molecular weight is 351 g/mol. The third-order valence-electron chi connectivity index (χ3n) is 5.17. The van der Waals surface area contributed by atoms with Crippen molar-refractivity contribution in [2.24, 2.45) is 5.92 Å². The fourth-order valence-corrected chi connectivity index (χ4v) is 3.65. The van der Waals surface area contributed by atoms with Crippen LogP contribution in [0.3, 0.4) is 0 Å². The van der Waals surface area contributed by atoms with Gasteiger partial charge >= 0.3 is 0 Å². The number of para-hydroxylation sites is 1. The van der Waals surface area contributed by atoms with Crippen molar-refractivity contribution in [3.63, 3.8) is 0 Å². The normalized spacial score (nSPS) is 17.4. The van der Waals surface area contributed by atoms with Gasteiger partial charge in [0.25, 0.3) is 5.91 Å². The summed E-state index contributed by atoms with van der Waals surface area (Å²) in [5.41, 5.74) is 4.69. The zero-order chi connectivity index (χ0) is 18.7. The van der Waals surface area contributed by atoms with Crippen LogP contribution in [0.5, 0.6) is 0 Å². The summed E-state index contributed by atoms with van der Waals surface area (Å²) >= 11 is 0. The second kappa shape index (κ2) is 7.90. The average Bonchev–Trinajstić information content (AvgIpc) is 2.63. The summed E-state index contributed by atoms with van der Waals surface area (Å²) in [6.45, 7) is 10.7. The number of pyridine rings is 1. The largest absolute Gasteiger partial charge is 0.370 e. The molecule has 1 fully saturated rings. The fourth-order valence-electron chi connectivity index (χ4n) is 3.65. The highest BCUT2D eigenvalue weighted by molar-refractivity contribution is 6.03. The Balaban J connectivity index is 1.75. The summed E-state index contributed by atoms with van der Waals surface area (Å²) in [6.07, 6.45) is 4.34. The van der Waals surface area contributed by atoms with E-state index in [0.717, 1.165) is 35.6 Å². The number of piperidine rings is 1. The second-order valence-electron chi connectivity index (χ2n) is 7.74. The molecule has 0 bridgehead atoms. The van der Waals surface area contributed by atoms with Gasteiger partial charge in [-0.15, -0.1) is 0 Å². The molecule has 1 aromatic heterocycles. The fraction of sp³-hybridized carbons (Fsp3) is 0.455. The van der Waals surface area contributed by atoms with Crippen molar-refractivity contribution < 1.29 is 4.79 Å². The third kappa shape index (κ3) is 4.06. The van der Waals surface area contributed by atoms with Crippen LogP contribution < -0.4 is 10.2 Å². The number of hydrogen-bond donors (Lipinski definition) is 1. The molecule has 2 aromatic rings. The SMILES string of the molecule is Cc1cccc(C(C)C)c1NC(=O)c1ccc(N2CCCC(C)C2)cn1. The highest BCUT2D eigenvalue weighted by atomic mass is 16.1. The van der Waals surface area contributed by atoms with Crippen LogP contribution in [0.4, 0.5) is 11.4 Å². The van der Waals surface area contributed by atoms with Crippen LogP contribution in [0.25, 0.3) is 0 Å². The maximum atomic E-state index is 12.7. The molecule has 1 atom stereocenters. The minimum absolute atomic E-state index is 0.153. The number of carbonyl (C=O) groups excluding carboxylic acids is 1. The predicted molar refractivity (Wildman–Crippen MR) is 108 cm³/mol. The van der Waals surface area contributed by atoms with Crippen LogP contribution in [-0.4, -0.2) is 24.0 Å². The topological polar surface area (TPSA) is 45.2 Å². The van der Waals surface area contributed by atoms with Gasteiger partial charge < -0.3 is 10.2 Å². The highest BCUT2D eigenvalue weighted by Crippen LogP contribution is 2.28. The molecule has 1 aliphatic heterocycles. The first-order chi connectivity index (χ1) is 12.5. The number of hydrogen-bond acceptors (Lipinski definition) is 3. The van der Waals surface area contributed by atoms with Crippen molar-refractivity contribution in [2.45, 2.75) is 46.5 Å². The number of benzene rings is 1. The van der Waals surface area contributed by atoms with E-state index in [-0.39, 0.29) is 5.91 Å². The molecule has 1 N–H and O–H groups in total. The molecule has 0 spiro atoms. The quantitative estimate of drug-likeness (QED) is 0.843. The Morgan fingerprint density at radius 1 is 1.27 bits per heavy atom. The summed E-state index contributed by atoms with van der Waals surface area (Å²) in [5, 5.41) is 3.07. The van der Waals surface area contributed by atoms with Crippen molar-refractivity contribution in [1.82, 2.24) is 4.98 Å². The Bertz CT molecular complexity index is 767. The van der Waals surface area contributed by atoms with Crippen molar-refractivity contribution in [2.75, 3.05) is 23.3 Å². The standard InChI is InChI=1S/C22H29N3O/c1-15(2)19-9-5-8-17(4)21(19)24-22(26)20-11-10-18(13-23-20)25-12-6-7-16(3)14-25/h5,8-11,13,15-16H,6-7,12,14H2,1-4H3,(H,24,26). The molecular weight excluding hydrogens is 322 g/mol. The van der Waals surface area contributed by atoms with Crippen molar-refractivity contribution in [3.05, 3.63) is 53.3 Å². The lowest BCUT2D eigenvalue weighted by Gasteiger charge is -2.32. The molecule has 4 nitrogen and oxygen atoms in total. The first kappa shape index (κ1) is 18.4. The zero-order valence-electron chi connectivity index (χ0n) is 16.2. The van der Waals surface area contributed by atoms with Gasteiger partial charge in [0, 0.05) is 18.8 Å². The van der Waals surface area contributed by atoms with Crippen LogP contribution in [-0.2, 0) is 0 Å². The van der Waals surface area contributed by atoms with Gasteiger partial charge in [-0.25, -0.2) is 4.98 Å². The van der Waals surface area contributed by atoms with Gasteiger partial charge in [-0.1, -0.05) is 39.0 Å². The van der Waals surface area contributed by atoms with E-state index in [0.29, 0.717) is 17.5 Å². The zero-order valence-corrected chi connectivity index (χ0v) is 16.2. The minimum Gasteiger partial charge on any atom is -0.370 e. The van der Waals surface area contributed by atoms with Crippen molar-refractivity contribution in [3.8, 4) is 0 Å². The molecule has 0 aliphatic carbocycles. The molecule has 0 radical (unpaired) electrons. The predicted octanol–water partition coefficient (Wildman–Crippen LogP) is 5.00. The number of amides is 1. The van der Waals surface area contributed by atoms with Gasteiger partial charge in [0.05, 0.1) is 11.9 Å². The lowest BCUT2D eigenvalue weighted by atomic mass is 9.98. The van der Waals surface area contributed by atoms with Crippen LogP contribution in [0.2, 0.25) is 0 Å². The molecule has 1 saturated heterocycles. The van der Waals surface area contributed by atoms with E-state index in [4.69, 9.17) is 0 Å². The summed E-state index contributed by atoms with van der Waals surface area (Å²) in [4.78, 5) is 19.5. The summed E-state index contributed by atoms with van der Waals surface area (Å²) in [6, 6.07) is 9.97. The monoisotopic (exact) mass is 351 g/mol. The minimum atomic E-state index is -0.153. The molecule has 3 rings (SSSR count). The Hall–Kier alpha value is -2.36. The molecule has 1 unspecified atom stereocenters. The van der Waals surface area contributed by atoms with E-state index < -0.39 is 0 Å². The van der Waals surface area contributed by atoms with Crippen LogP contribution >= 0.6 is 0 Å². The number of nitrogens with one attached hydrogen (secondary N) is 1. The lowest BCUT2D eigenvalue weighted by Crippen LogP contribution is -2.34. The maximum absolute atomic E-state index is 12.7. The van der Waals surface area contributed by atoms with Gasteiger partial charge in [0.15, 0.2) is 0 Å². The molecule has 138 valence electrons. The van der Waals surface area contributed by atoms with Gasteiger partial charge in [-0.05, 0) is 54.9 Å². The van der Waals surface area contributed by atoms with E-state index in [2.05, 4.69) is 42.0 Å². The van der Waals surface area contributed by atoms with Crippen molar-refractivity contribution in [1.29, 1.82) is 0 Å². The second-order valence-corrected chi connectivity index (χ2v) is 7.74. The summed E-state index contributed by atoms with van der Waals surface area (Å²) in [5.74, 6) is 0.906. The maximum Gasteiger partial charge on any atom is 0.274 e. The van der Waals surface area contributed by atoms with Gasteiger partial charge in [0.2, 0.25) is 0 Å². The van der Waals surface area contributed by atoms with Crippen molar-refractivity contribution >= 4 is 17.3 Å². The number of anilines is 2. The van der Waals surface area contributed by atoms with Gasteiger partial charge in [-0.2, -0.15) is 0 Å². The van der Waals surface area contributed by atoms with Crippen LogP contribution in [0, 0.1) is 12.8 Å². The Morgan fingerprint density at radius 3 is 2.73 bits per heavy atom. The van der Waals surface area contributed by atoms with Crippen LogP contribution in [0.15, 0.2) is 36.5 Å². The molecule has 26 heavy (non-hydrogen) atoms. The number of nitrogens with zero attached hydrogens (tertiary/aromatic N) is 2. The lowest BCUT2D eigenvalue weighted by molar-refractivity contribution is 0.102. The van der Waals surface area contributed by atoms with Gasteiger partial charge in [0.1, 0.15) is 5.69 Å². The number of carbonyl (C=O) groups is 1. The van der Waals surface area contributed by atoms with E-state index >= 15 is 0 Å². The number of aryl methyl sites for hydroxylation is 1. The molecule has 4 heteroatoms. The summed E-state index contributed by atoms with van der Waals surface area (Å²) < 4.78 is 0. The first-order valence-corrected chi connectivity index (χ1v) is 9.57. The first-order valence-electron chi connectivity index (χ1n) is 9.57. The summed E-state index contributed by atoms with van der Waals surface area (Å²) in [7, 11) is 0. The molecule has 2 heterocycles. The molecule has 0 saturated carbocycles. The Morgan fingerprint density at radius 2 is 2.08 bits per heavy atom. The van der Waals surface area contributed by atoms with Crippen LogP contribution in [0.1, 0.15) is 61.1 Å². The molecule has 1 amide bonds. The Kier molecular flexibility index (Phi) is 5.60. The van der Waals surface area contributed by atoms with E-state index in [1.807, 2.05) is 37.4 Å². The van der Waals surface area contributed by atoms with E-state index in [9.17, 15) is 4.79 Å².